The lowest BCUT2D eigenvalue weighted by molar-refractivity contribution is -0.384. The lowest BCUT2D eigenvalue weighted by atomic mass is 10.1. The van der Waals surface area contributed by atoms with Gasteiger partial charge in [0.1, 0.15) is 5.69 Å². The third kappa shape index (κ3) is 1.87. The van der Waals surface area contributed by atoms with Crippen molar-refractivity contribution in [2.24, 2.45) is 0 Å². The van der Waals surface area contributed by atoms with Crippen molar-refractivity contribution in [3.8, 4) is 0 Å². The van der Waals surface area contributed by atoms with Crippen LogP contribution in [0.1, 0.15) is 5.56 Å². The van der Waals surface area contributed by atoms with Crippen molar-refractivity contribution in [1.82, 2.24) is 0 Å². The molecule has 1 aromatic carbocycles. The van der Waals surface area contributed by atoms with Gasteiger partial charge in [0.2, 0.25) is 0 Å². The van der Waals surface area contributed by atoms with Gasteiger partial charge in [-0.2, -0.15) is 0 Å². The summed E-state index contributed by atoms with van der Waals surface area (Å²) >= 11 is 3.30. The van der Waals surface area contributed by atoms with E-state index in [0.29, 0.717) is 11.3 Å². The molecule has 0 aliphatic heterocycles. The summed E-state index contributed by atoms with van der Waals surface area (Å²) in [5.74, 6) is 0. The molecule has 0 N–H and O–H groups in total. The van der Waals surface area contributed by atoms with Crippen molar-refractivity contribution >= 4 is 27.3 Å². The van der Waals surface area contributed by atoms with E-state index in [-0.39, 0.29) is 10.6 Å². The molecule has 0 spiro atoms. The van der Waals surface area contributed by atoms with Gasteiger partial charge in [0.05, 0.1) is 4.92 Å². The van der Waals surface area contributed by atoms with Gasteiger partial charge in [-0.3, -0.25) is 10.1 Å². The number of nitro benzene ring substituents is 1. The highest BCUT2D eigenvalue weighted by atomic mass is 79.9. The molecule has 0 bridgehead atoms. The fourth-order valence-electron chi connectivity index (χ4n) is 1.31. The van der Waals surface area contributed by atoms with Crippen molar-refractivity contribution in [2.75, 3.05) is 19.0 Å². The van der Waals surface area contributed by atoms with Crippen molar-refractivity contribution in [3.05, 3.63) is 32.3 Å². The summed E-state index contributed by atoms with van der Waals surface area (Å²) < 4.78 is 0.736. The first-order valence-electron chi connectivity index (χ1n) is 4.06. The van der Waals surface area contributed by atoms with Crippen LogP contribution in [-0.2, 0) is 0 Å². The lowest BCUT2D eigenvalue weighted by Crippen LogP contribution is -2.12. The first kappa shape index (κ1) is 11.0. The molecule has 0 atom stereocenters. The molecule has 0 fully saturated rings. The fourth-order valence-corrected chi connectivity index (χ4v) is 1.99. The zero-order chi connectivity index (χ0) is 10.9. The smallest absolute Gasteiger partial charge is 0.296 e. The molecule has 1 rings (SSSR count). The minimum absolute atomic E-state index is 0.157. The van der Waals surface area contributed by atoms with Crippen LogP contribution in [0.25, 0.3) is 0 Å². The second-order valence-corrected chi connectivity index (χ2v) is 4.07. The van der Waals surface area contributed by atoms with E-state index in [1.807, 2.05) is 6.07 Å². The van der Waals surface area contributed by atoms with Crippen molar-refractivity contribution in [3.63, 3.8) is 0 Å². The van der Waals surface area contributed by atoms with E-state index in [1.54, 1.807) is 32.0 Å². The largest absolute Gasteiger partial charge is 0.371 e. The number of nitro groups is 1. The van der Waals surface area contributed by atoms with Crippen molar-refractivity contribution in [1.29, 1.82) is 0 Å². The number of benzene rings is 1. The summed E-state index contributed by atoms with van der Waals surface area (Å²) in [5, 5.41) is 10.9. The number of nitrogens with zero attached hydrogens (tertiary/aromatic N) is 2. The average molecular weight is 259 g/mol. The van der Waals surface area contributed by atoms with Crippen LogP contribution in [0.5, 0.6) is 0 Å². The maximum atomic E-state index is 10.9. The molecular weight excluding hydrogens is 248 g/mol. The average Bonchev–Trinajstić information content (AvgIpc) is 2.07. The van der Waals surface area contributed by atoms with Gasteiger partial charge < -0.3 is 4.90 Å². The van der Waals surface area contributed by atoms with Gasteiger partial charge in [0.25, 0.3) is 5.69 Å². The van der Waals surface area contributed by atoms with Crippen LogP contribution in [-0.4, -0.2) is 19.0 Å². The van der Waals surface area contributed by atoms with Gasteiger partial charge in [-0.05, 0) is 28.9 Å². The van der Waals surface area contributed by atoms with E-state index in [2.05, 4.69) is 15.9 Å². The summed E-state index contributed by atoms with van der Waals surface area (Å²) in [5.41, 5.74) is 1.43. The van der Waals surface area contributed by atoms with Crippen LogP contribution in [0.3, 0.4) is 0 Å². The van der Waals surface area contributed by atoms with Crippen molar-refractivity contribution < 1.29 is 4.92 Å². The molecule has 0 aliphatic carbocycles. The SMILES string of the molecule is Cc1ccc(Br)c(N(C)C)c1[N+](=O)[O-]. The highest BCUT2D eigenvalue weighted by Gasteiger charge is 2.21. The van der Waals surface area contributed by atoms with Gasteiger partial charge >= 0.3 is 0 Å². The summed E-state index contributed by atoms with van der Waals surface area (Å²) in [7, 11) is 3.57. The van der Waals surface area contributed by atoms with Crippen LogP contribution >= 0.6 is 15.9 Å². The van der Waals surface area contributed by atoms with Crippen LogP contribution < -0.4 is 4.90 Å². The highest BCUT2D eigenvalue weighted by Crippen LogP contribution is 2.36. The standard InChI is InChI=1S/C9H11BrN2O2/c1-6-4-5-7(10)9(11(2)3)8(6)12(13)14/h4-5H,1-3H3. The molecule has 0 aliphatic rings. The van der Waals surface area contributed by atoms with Gasteiger partial charge in [-0.1, -0.05) is 6.07 Å². The van der Waals surface area contributed by atoms with Crippen LogP contribution in [0.4, 0.5) is 11.4 Å². The predicted octanol–water partition coefficient (Wildman–Crippen LogP) is 2.73. The molecule has 0 radical (unpaired) electrons. The normalized spacial score (nSPS) is 10.0. The molecule has 4 nitrogen and oxygen atoms in total. The molecule has 0 heterocycles. The first-order valence-corrected chi connectivity index (χ1v) is 4.85. The van der Waals surface area contributed by atoms with Gasteiger partial charge in [0, 0.05) is 24.1 Å². The molecular formula is C9H11BrN2O2. The van der Waals surface area contributed by atoms with E-state index in [4.69, 9.17) is 0 Å². The summed E-state index contributed by atoms with van der Waals surface area (Å²) in [6.07, 6.45) is 0. The van der Waals surface area contributed by atoms with Crippen LogP contribution in [0.2, 0.25) is 0 Å². The number of anilines is 1. The zero-order valence-electron chi connectivity index (χ0n) is 8.24. The molecule has 1 aromatic rings. The van der Waals surface area contributed by atoms with Gasteiger partial charge in [-0.15, -0.1) is 0 Å². The number of hydrogen-bond donors (Lipinski definition) is 0. The predicted molar refractivity (Wildman–Crippen MR) is 59.9 cm³/mol. The minimum atomic E-state index is -0.352. The molecule has 0 saturated carbocycles. The van der Waals surface area contributed by atoms with E-state index in [1.165, 1.54) is 0 Å². The van der Waals surface area contributed by atoms with Gasteiger partial charge in [0.15, 0.2) is 0 Å². The Morgan fingerprint density at radius 1 is 1.43 bits per heavy atom. The molecule has 0 aromatic heterocycles. The summed E-state index contributed by atoms with van der Waals surface area (Å²) in [4.78, 5) is 12.2. The fraction of sp³-hybridized carbons (Fsp3) is 0.333. The maximum absolute atomic E-state index is 10.9. The van der Waals surface area contributed by atoms with E-state index >= 15 is 0 Å². The number of aryl methyl sites for hydroxylation is 1. The Kier molecular flexibility index (Phi) is 3.10. The third-order valence-corrected chi connectivity index (χ3v) is 2.57. The Balaban J connectivity index is 3.50. The topological polar surface area (TPSA) is 46.4 Å². The number of hydrogen-bond acceptors (Lipinski definition) is 3. The minimum Gasteiger partial charge on any atom is -0.371 e. The Morgan fingerprint density at radius 3 is 2.36 bits per heavy atom. The number of halogens is 1. The summed E-state index contributed by atoms with van der Waals surface area (Å²) in [6, 6.07) is 3.55. The molecule has 14 heavy (non-hydrogen) atoms. The quantitative estimate of drug-likeness (QED) is 0.606. The van der Waals surface area contributed by atoms with E-state index in [0.717, 1.165) is 4.47 Å². The number of rotatable bonds is 2. The van der Waals surface area contributed by atoms with Crippen LogP contribution in [0, 0.1) is 17.0 Å². The molecule has 0 saturated heterocycles. The zero-order valence-corrected chi connectivity index (χ0v) is 9.83. The first-order chi connectivity index (χ1) is 6.45. The molecule has 0 amide bonds. The second-order valence-electron chi connectivity index (χ2n) is 3.21. The molecule has 5 heteroatoms. The third-order valence-electron chi connectivity index (χ3n) is 1.93. The Labute approximate surface area is 90.8 Å². The highest BCUT2D eigenvalue weighted by molar-refractivity contribution is 9.10. The second kappa shape index (κ2) is 3.96. The Hall–Kier alpha value is -1.10. The van der Waals surface area contributed by atoms with Crippen molar-refractivity contribution in [2.45, 2.75) is 6.92 Å². The molecule has 76 valence electrons. The van der Waals surface area contributed by atoms with E-state index in [9.17, 15) is 10.1 Å². The van der Waals surface area contributed by atoms with Gasteiger partial charge in [-0.25, -0.2) is 0 Å². The Bertz CT molecular complexity index is 377. The maximum Gasteiger partial charge on any atom is 0.296 e. The molecule has 0 unspecified atom stereocenters. The lowest BCUT2D eigenvalue weighted by Gasteiger charge is -2.15. The van der Waals surface area contributed by atoms with E-state index < -0.39 is 0 Å². The van der Waals surface area contributed by atoms with Crippen LogP contribution in [0.15, 0.2) is 16.6 Å². The summed E-state index contributed by atoms with van der Waals surface area (Å²) in [6.45, 7) is 1.73. The monoisotopic (exact) mass is 258 g/mol. The Morgan fingerprint density at radius 2 is 2.00 bits per heavy atom.